The van der Waals surface area contributed by atoms with E-state index in [9.17, 15) is 13.2 Å². The molecule has 7 nitrogen and oxygen atoms in total. The van der Waals surface area contributed by atoms with E-state index in [1.807, 2.05) is 0 Å². The Bertz CT molecular complexity index is 962. The molecule has 0 aliphatic heterocycles. The highest BCUT2D eigenvalue weighted by atomic mass is 32.2. The van der Waals surface area contributed by atoms with Crippen LogP contribution in [0.1, 0.15) is 10.5 Å². The van der Waals surface area contributed by atoms with Crippen molar-refractivity contribution in [3.63, 3.8) is 0 Å². The topological polar surface area (TPSA) is 101 Å². The summed E-state index contributed by atoms with van der Waals surface area (Å²) in [6, 6.07) is 1.31. The Morgan fingerprint density at radius 2 is 2.04 bits per heavy atom. The first-order valence-electron chi connectivity index (χ1n) is 7.25. The third-order valence-corrected chi connectivity index (χ3v) is 4.84. The van der Waals surface area contributed by atoms with Crippen molar-refractivity contribution in [1.82, 2.24) is 14.7 Å². The molecule has 0 spiro atoms. The largest absolute Gasteiger partial charge is 0.319 e. The highest BCUT2D eigenvalue weighted by Gasteiger charge is 2.17. The average molecular weight is 388 g/mol. The predicted molar refractivity (Wildman–Crippen MR) is 102 cm³/mol. The van der Waals surface area contributed by atoms with Crippen molar-refractivity contribution < 1.29 is 13.2 Å². The Morgan fingerprint density at radius 3 is 2.69 bits per heavy atom. The highest BCUT2D eigenvalue weighted by molar-refractivity contribution is 7.89. The van der Waals surface area contributed by atoms with Gasteiger partial charge in [-0.15, -0.1) is 11.3 Å². The number of allylic oxidation sites excluding steroid dienone is 5. The molecule has 2 aromatic heterocycles. The molecule has 0 atom stereocenters. The number of rotatable bonds is 8. The smallest absolute Gasteiger partial charge is 0.275 e. The third kappa shape index (κ3) is 5.23. The first-order chi connectivity index (χ1) is 12.5. The van der Waals surface area contributed by atoms with Crippen molar-refractivity contribution in [2.24, 2.45) is 0 Å². The zero-order chi connectivity index (χ0) is 19.0. The van der Waals surface area contributed by atoms with E-state index in [1.165, 1.54) is 59.6 Å². The molecule has 9 heteroatoms. The Balaban J connectivity index is 2.23. The molecule has 2 aromatic rings. The number of carbonyl (C=O) groups excluding carboxylic acids is 1. The number of amides is 1. The molecule has 0 fully saturated rings. The van der Waals surface area contributed by atoms with Crippen LogP contribution in [0.15, 0.2) is 83.5 Å². The van der Waals surface area contributed by atoms with Gasteiger partial charge in [0.05, 0.1) is 17.4 Å². The summed E-state index contributed by atoms with van der Waals surface area (Å²) in [7, 11) is -3.90. The Morgan fingerprint density at radius 1 is 1.23 bits per heavy atom. The summed E-state index contributed by atoms with van der Waals surface area (Å²) >= 11 is 1.28. The molecule has 0 aromatic carbocycles. The Hall–Kier alpha value is -3.04. The monoisotopic (exact) mass is 388 g/mol. The molecule has 134 valence electrons. The van der Waals surface area contributed by atoms with Gasteiger partial charge in [-0.25, -0.2) is 13.4 Å². The first kappa shape index (κ1) is 19.3. The number of thiazole rings is 1. The fourth-order valence-electron chi connectivity index (χ4n) is 1.79. The summed E-state index contributed by atoms with van der Waals surface area (Å²) in [6.07, 6.45) is 10.1. The van der Waals surface area contributed by atoms with Crippen molar-refractivity contribution in [3.05, 3.63) is 84.3 Å². The van der Waals surface area contributed by atoms with Crippen molar-refractivity contribution in [3.8, 4) is 0 Å². The second-order valence-corrected chi connectivity index (χ2v) is 7.20. The molecule has 2 rings (SSSR count). The number of nitrogens with one attached hydrogen (secondary N) is 2. The maximum atomic E-state index is 12.5. The van der Waals surface area contributed by atoms with Gasteiger partial charge in [-0.05, 0) is 18.2 Å². The fraction of sp³-hybridized carbons (Fsp3) is 0. The van der Waals surface area contributed by atoms with Crippen LogP contribution >= 0.6 is 11.3 Å². The first-order valence-corrected chi connectivity index (χ1v) is 9.68. The standard InChI is InChI=1S/C17H16N4O3S2/c1-3-5-7-13(6-4-2)21-26(23,24)15-8-14(9-18-10-15)20-17(22)16-11-25-12-19-16/h3-12,21H,1-2H2,(H,20,22)/b7-5-,13-6+. The van der Waals surface area contributed by atoms with Crippen molar-refractivity contribution in [2.45, 2.75) is 4.90 Å². The van der Waals surface area contributed by atoms with Gasteiger partial charge in [-0.1, -0.05) is 31.4 Å². The van der Waals surface area contributed by atoms with E-state index < -0.39 is 15.9 Å². The van der Waals surface area contributed by atoms with E-state index in [2.05, 4.69) is 33.2 Å². The molecule has 0 saturated heterocycles. The molecule has 1 amide bonds. The lowest BCUT2D eigenvalue weighted by molar-refractivity contribution is 0.102. The zero-order valence-electron chi connectivity index (χ0n) is 13.6. The van der Waals surface area contributed by atoms with Gasteiger partial charge in [-0.2, -0.15) is 0 Å². The van der Waals surface area contributed by atoms with Crippen LogP contribution in [0.4, 0.5) is 5.69 Å². The number of hydrogen-bond donors (Lipinski definition) is 2. The summed E-state index contributed by atoms with van der Waals surface area (Å²) in [6.45, 7) is 7.08. The second kappa shape index (κ2) is 8.88. The summed E-state index contributed by atoms with van der Waals surface area (Å²) in [5.74, 6) is -0.447. The number of nitrogens with zero attached hydrogens (tertiary/aromatic N) is 2. The number of anilines is 1. The molecule has 2 heterocycles. The maximum absolute atomic E-state index is 12.5. The molecule has 0 unspecified atom stereocenters. The van der Waals surface area contributed by atoms with Gasteiger partial charge in [0.1, 0.15) is 10.6 Å². The van der Waals surface area contributed by atoms with Gasteiger partial charge in [0.15, 0.2) is 0 Å². The van der Waals surface area contributed by atoms with Crippen LogP contribution in [-0.4, -0.2) is 24.3 Å². The van der Waals surface area contributed by atoms with Crippen LogP contribution in [0.5, 0.6) is 0 Å². The van der Waals surface area contributed by atoms with Crippen LogP contribution in [0.2, 0.25) is 0 Å². The molecule has 2 N–H and O–H groups in total. The third-order valence-electron chi connectivity index (χ3n) is 2.91. The molecule has 0 saturated carbocycles. The van der Waals surface area contributed by atoms with Gasteiger partial charge in [0, 0.05) is 17.3 Å². The van der Waals surface area contributed by atoms with Crippen LogP contribution in [0.3, 0.4) is 0 Å². The van der Waals surface area contributed by atoms with E-state index in [0.717, 1.165) is 0 Å². The van der Waals surface area contributed by atoms with Crippen LogP contribution < -0.4 is 10.0 Å². The fourth-order valence-corrected chi connectivity index (χ4v) is 3.37. The number of sulfonamides is 1. The SMILES string of the molecule is C=C/C=C\C(=C/C=C)NS(=O)(=O)c1cncc(NC(=O)c2cscn2)c1. The summed E-state index contributed by atoms with van der Waals surface area (Å²) in [5, 5.41) is 4.15. The number of hydrogen-bond acceptors (Lipinski definition) is 6. The lowest BCUT2D eigenvalue weighted by Gasteiger charge is -2.10. The van der Waals surface area contributed by atoms with Gasteiger partial charge in [-0.3, -0.25) is 14.5 Å². The molecule has 0 radical (unpaired) electrons. The van der Waals surface area contributed by atoms with E-state index >= 15 is 0 Å². The molecular formula is C17H16N4O3S2. The lowest BCUT2D eigenvalue weighted by atomic mass is 10.3. The minimum atomic E-state index is -3.90. The number of aromatic nitrogens is 2. The van der Waals surface area contributed by atoms with Gasteiger partial charge in [0.25, 0.3) is 15.9 Å². The molecule has 0 aliphatic carbocycles. The van der Waals surface area contributed by atoms with Crippen molar-refractivity contribution in [1.29, 1.82) is 0 Å². The zero-order valence-corrected chi connectivity index (χ0v) is 15.3. The molecule has 0 aliphatic rings. The normalized spacial score (nSPS) is 11.9. The molecule has 26 heavy (non-hydrogen) atoms. The number of carbonyl (C=O) groups is 1. The van der Waals surface area contributed by atoms with Crippen LogP contribution in [-0.2, 0) is 10.0 Å². The Kier molecular flexibility index (Phi) is 6.59. The van der Waals surface area contributed by atoms with Gasteiger partial charge in [0.2, 0.25) is 0 Å². The van der Waals surface area contributed by atoms with Gasteiger partial charge < -0.3 is 5.32 Å². The minimum Gasteiger partial charge on any atom is -0.319 e. The quantitative estimate of drug-likeness (QED) is 0.677. The summed E-state index contributed by atoms with van der Waals surface area (Å²) in [5.41, 5.74) is 2.31. The van der Waals surface area contributed by atoms with E-state index in [1.54, 1.807) is 11.5 Å². The van der Waals surface area contributed by atoms with Crippen LogP contribution in [0.25, 0.3) is 0 Å². The molecular weight excluding hydrogens is 372 g/mol. The minimum absolute atomic E-state index is 0.101. The summed E-state index contributed by atoms with van der Waals surface area (Å²) in [4.78, 5) is 19.7. The van der Waals surface area contributed by atoms with E-state index in [4.69, 9.17) is 0 Å². The maximum Gasteiger partial charge on any atom is 0.275 e. The number of pyridine rings is 1. The van der Waals surface area contributed by atoms with E-state index in [-0.39, 0.29) is 16.3 Å². The lowest BCUT2D eigenvalue weighted by Crippen LogP contribution is -2.23. The van der Waals surface area contributed by atoms with Gasteiger partial charge >= 0.3 is 0 Å². The second-order valence-electron chi connectivity index (χ2n) is 4.80. The highest BCUT2D eigenvalue weighted by Crippen LogP contribution is 2.16. The molecule has 0 bridgehead atoms. The Labute approximate surface area is 155 Å². The average Bonchev–Trinajstić information content (AvgIpc) is 3.15. The predicted octanol–water partition coefficient (Wildman–Crippen LogP) is 2.88. The summed E-state index contributed by atoms with van der Waals surface area (Å²) < 4.78 is 27.5. The van der Waals surface area contributed by atoms with Crippen LogP contribution in [0, 0.1) is 0 Å². The van der Waals surface area contributed by atoms with E-state index in [0.29, 0.717) is 5.70 Å². The van der Waals surface area contributed by atoms with Crippen molar-refractivity contribution in [2.75, 3.05) is 5.32 Å². The van der Waals surface area contributed by atoms with Crippen molar-refractivity contribution >= 4 is 33.0 Å².